The highest BCUT2D eigenvalue weighted by Crippen LogP contribution is 2.38. The zero-order valence-electron chi connectivity index (χ0n) is 11.9. The Balaban J connectivity index is 2.41. The molecule has 1 heterocycles. The van der Waals surface area contributed by atoms with Gasteiger partial charge in [-0.15, -0.1) is 0 Å². The van der Waals surface area contributed by atoms with Crippen LogP contribution in [0.1, 0.15) is 10.4 Å². The van der Waals surface area contributed by atoms with E-state index in [0.29, 0.717) is 0 Å². The van der Waals surface area contributed by atoms with E-state index in [1.165, 1.54) is 40.4 Å². The Morgan fingerprint density at radius 3 is 2.38 bits per heavy atom. The first-order valence-electron chi connectivity index (χ1n) is 6.33. The Hall–Kier alpha value is -2.40. The average molecular weight is 364 g/mol. The summed E-state index contributed by atoms with van der Waals surface area (Å²) >= 11 is 0. The molecule has 0 aromatic heterocycles. The molecule has 11 heteroatoms. The van der Waals surface area contributed by atoms with Gasteiger partial charge < -0.3 is 10.1 Å². The van der Waals surface area contributed by atoms with E-state index in [9.17, 15) is 31.2 Å². The number of ether oxygens (including phenoxy) is 1. The lowest BCUT2D eigenvalue weighted by atomic mass is 10.2. The molecule has 0 saturated carbocycles. The van der Waals surface area contributed by atoms with Crippen molar-refractivity contribution in [3.63, 3.8) is 0 Å². The maximum Gasteiger partial charge on any atom is 0.455 e. The monoisotopic (exact) mass is 364 g/mol. The van der Waals surface area contributed by atoms with Gasteiger partial charge in [0.2, 0.25) is 0 Å². The number of carbonyl (C=O) groups is 2. The van der Waals surface area contributed by atoms with Gasteiger partial charge >= 0.3 is 11.2 Å². The Kier molecular flexibility index (Phi) is 4.42. The van der Waals surface area contributed by atoms with E-state index < -0.39 is 39.7 Å². The van der Waals surface area contributed by atoms with Crippen molar-refractivity contribution in [2.24, 2.45) is 0 Å². The van der Waals surface area contributed by atoms with E-state index in [1.54, 1.807) is 0 Å². The zero-order chi connectivity index (χ0) is 18.2. The predicted molar refractivity (Wildman–Crippen MR) is 74.8 cm³/mol. The Bertz CT molecular complexity index is 792. The van der Waals surface area contributed by atoms with Gasteiger partial charge in [0, 0.05) is 11.1 Å². The minimum Gasteiger partial charge on any atom is -0.329 e. The van der Waals surface area contributed by atoms with Gasteiger partial charge in [0.1, 0.15) is 0 Å². The second-order valence-electron chi connectivity index (χ2n) is 4.76. The molecule has 1 atom stereocenters. The lowest BCUT2D eigenvalue weighted by Gasteiger charge is -2.38. The number of hydrogen-bond acceptors (Lipinski definition) is 5. The molecule has 0 aliphatic carbocycles. The first kappa shape index (κ1) is 17.9. The molecule has 24 heavy (non-hydrogen) atoms. The summed E-state index contributed by atoms with van der Waals surface area (Å²) in [6, 6.07) is 6.72. The molecule has 1 fully saturated rings. The van der Waals surface area contributed by atoms with Crippen LogP contribution in [0.15, 0.2) is 42.5 Å². The van der Waals surface area contributed by atoms with Crippen molar-refractivity contribution in [3.8, 4) is 0 Å². The summed E-state index contributed by atoms with van der Waals surface area (Å²) < 4.78 is 70.0. The lowest BCUT2D eigenvalue weighted by Crippen LogP contribution is -2.71. The number of amides is 2. The van der Waals surface area contributed by atoms with Crippen molar-refractivity contribution in [1.82, 2.24) is 10.0 Å². The third-order valence-corrected chi connectivity index (χ3v) is 4.73. The second kappa shape index (κ2) is 5.91. The highest BCUT2D eigenvalue weighted by molar-refractivity contribution is 7.91. The number of halogens is 3. The van der Waals surface area contributed by atoms with Gasteiger partial charge in [-0.25, -0.2) is 13.1 Å². The summed E-state index contributed by atoms with van der Waals surface area (Å²) in [4.78, 5) is 23.4. The van der Waals surface area contributed by atoms with Crippen LogP contribution in [0, 0.1) is 0 Å². The largest absolute Gasteiger partial charge is 0.455 e. The normalized spacial score (nSPS) is 22.0. The number of hydrogen-bond donors (Lipinski definition) is 2. The van der Waals surface area contributed by atoms with Crippen LogP contribution in [-0.2, 0) is 19.6 Å². The van der Waals surface area contributed by atoms with Gasteiger partial charge in [-0.1, -0.05) is 24.8 Å². The van der Waals surface area contributed by atoms with E-state index in [2.05, 4.69) is 11.3 Å². The lowest BCUT2D eigenvalue weighted by molar-refractivity contribution is -0.253. The fraction of sp³-hybridized carbons (Fsp3) is 0.231. The summed E-state index contributed by atoms with van der Waals surface area (Å²) in [7, 11) is -5.53. The summed E-state index contributed by atoms with van der Waals surface area (Å²) in [6.07, 6.45) is -5.55. The maximum absolute atomic E-state index is 13.3. The van der Waals surface area contributed by atoms with Crippen molar-refractivity contribution in [3.05, 3.63) is 48.0 Å². The van der Waals surface area contributed by atoms with Crippen molar-refractivity contribution < 1.29 is 35.9 Å². The summed E-state index contributed by atoms with van der Waals surface area (Å²) in [6.45, 7) is 2.18. The molecule has 2 N–H and O–H groups in total. The Labute approximate surface area is 134 Å². The fourth-order valence-corrected chi connectivity index (χ4v) is 3.07. The van der Waals surface area contributed by atoms with E-state index in [1.807, 2.05) is 0 Å². The van der Waals surface area contributed by atoms with Gasteiger partial charge in [-0.05, 0) is 12.1 Å². The van der Waals surface area contributed by atoms with Crippen molar-refractivity contribution >= 4 is 21.8 Å². The minimum atomic E-state index is -5.55. The highest BCUT2D eigenvalue weighted by Gasteiger charge is 2.69. The minimum absolute atomic E-state index is 0.190. The quantitative estimate of drug-likeness (QED) is 0.768. The van der Waals surface area contributed by atoms with Gasteiger partial charge in [0.15, 0.2) is 0 Å². The number of sulfonamides is 1. The Morgan fingerprint density at radius 1 is 1.29 bits per heavy atom. The summed E-state index contributed by atoms with van der Waals surface area (Å²) in [5.41, 5.74) is -0.579. The maximum atomic E-state index is 13.3. The first-order valence-corrected chi connectivity index (χ1v) is 7.81. The molecule has 0 spiro atoms. The van der Waals surface area contributed by atoms with E-state index in [-0.39, 0.29) is 11.1 Å². The molecule has 1 aromatic carbocycles. The Morgan fingerprint density at radius 2 is 1.88 bits per heavy atom. The van der Waals surface area contributed by atoms with Crippen molar-refractivity contribution in [1.29, 1.82) is 0 Å². The number of carbonyl (C=O) groups excluding carboxylic acids is 2. The smallest absolute Gasteiger partial charge is 0.329 e. The van der Waals surface area contributed by atoms with Gasteiger partial charge in [-0.3, -0.25) is 9.59 Å². The van der Waals surface area contributed by atoms with Crippen molar-refractivity contribution in [2.45, 2.75) is 11.2 Å². The number of nitrogens with one attached hydrogen (secondary N) is 2. The fourth-order valence-electron chi connectivity index (χ4n) is 1.82. The molecule has 7 nitrogen and oxygen atoms in total. The predicted octanol–water partition coefficient (Wildman–Crippen LogP) is 0.665. The van der Waals surface area contributed by atoms with Gasteiger partial charge in [0.25, 0.3) is 21.8 Å². The van der Waals surface area contributed by atoms with E-state index in [0.717, 1.165) is 0 Å². The highest BCUT2D eigenvalue weighted by atomic mass is 32.2. The third kappa shape index (κ3) is 2.99. The number of benzene rings is 1. The molecule has 1 aliphatic heterocycles. The molecule has 1 aliphatic rings. The molecule has 2 rings (SSSR count). The summed E-state index contributed by atoms with van der Waals surface area (Å²) in [5, 5.41) is -2.87. The van der Waals surface area contributed by atoms with Crippen LogP contribution in [-0.4, -0.2) is 38.1 Å². The standard InChI is InChI=1S/C13H11F3N2O5S/c1-8-7-23-13(12(14,15)16,17-10(8)19)24(21,22)18-11(20)9-5-3-2-4-6-9/h2-6H,1,7H2,(H,17,19)(H,18,20). The van der Waals surface area contributed by atoms with Crippen LogP contribution < -0.4 is 10.0 Å². The number of rotatable bonds is 3. The SMILES string of the molecule is C=C1COC(C(F)(F)F)(S(=O)(=O)NC(=O)c2ccccc2)NC1=O. The molecule has 1 unspecified atom stereocenters. The summed E-state index contributed by atoms with van der Waals surface area (Å²) in [5.74, 6) is -2.66. The topological polar surface area (TPSA) is 102 Å². The zero-order valence-corrected chi connectivity index (χ0v) is 12.7. The molecule has 1 saturated heterocycles. The molecule has 130 valence electrons. The molecular formula is C13H11F3N2O5S. The van der Waals surface area contributed by atoms with Crippen molar-refractivity contribution in [2.75, 3.05) is 6.61 Å². The second-order valence-corrected chi connectivity index (χ2v) is 6.55. The van der Waals surface area contributed by atoms with Gasteiger partial charge in [0.05, 0.1) is 6.61 Å². The third-order valence-electron chi connectivity index (χ3n) is 3.06. The molecule has 0 bridgehead atoms. The molecule has 2 amide bonds. The van der Waals surface area contributed by atoms with Gasteiger partial charge in [-0.2, -0.15) is 13.2 Å². The van der Waals surface area contributed by atoms with Crippen LogP contribution in [0.25, 0.3) is 0 Å². The first-order chi connectivity index (χ1) is 11.0. The van der Waals surface area contributed by atoms with Crippen LogP contribution in [0.4, 0.5) is 13.2 Å². The van der Waals surface area contributed by atoms with Crippen LogP contribution >= 0.6 is 0 Å². The van der Waals surface area contributed by atoms with Crippen LogP contribution in [0.5, 0.6) is 0 Å². The van der Waals surface area contributed by atoms with Crippen LogP contribution in [0.2, 0.25) is 0 Å². The number of alkyl halides is 3. The molecule has 0 radical (unpaired) electrons. The van der Waals surface area contributed by atoms with E-state index in [4.69, 9.17) is 0 Å². The van der Waals surface area contributed by atoms with Crippen LogP contribution in [0.3, 0.4) is 0 Å². The average Bonchev–Trinajstić information content (AvgIpc) is 2.49. The molecule has 1 aromatic rings. The van der Waals surface area contributed by atoms with E-state index >= 15 is 0 Å². The molecular weight excluding hydrogens is 353 g/mol.